The topological polar surface area (TPSA) is 65.2 Å². The molecule has 2 heterocycles. The Labute approximate surface area is 244 Å². The predicted octanol–water partition coefficient (Wildman–Crippen LogP) is 6.13. The van der Waals surface area contributed by atoms with Crippen molar-refractivity contribution in [1.82, 2.24) is 19.4 Å². The second-order valence-corrected chi connectivity index (χ2v) is 10.7. The van der Waals surface area contributed by atoms with Crippen molar-refractivity contribution >= 4 is 5.91 Å². The molecule has 1 aliphatic rings. The smallest absolute Gasteiger partial charge is 0.219 e. The fourth-order valence-electron chi connectivity index (χ4n) is 5.19. The van der Waals surface area contributed by atoms with Crippen LogP contribution in [0.1, 0.15) is 60.1 Å². The van der Waals surface area contributed by atoms with Crippen LogP contribution in [-0.4, -0.2) is 58.5 Å². The van der Waals surface area contributed by atoms with Gasteiger partial charge >= 0.3 is 0 Å². The van der Waals surface area contributed by atoms with Crippen LogP contribution in [0, 0.1) is 11.3 Å². The molecule has 1 saturated heterocycles. The molecule has 0 aliphatic carbocycles. The van der Waals surface area contributed by atoms with Crippen molar-refractivity contribution in [3.8, 4) is 6.07 Å². The van der Waals surface area contributed by atoms with E-state index < -0.39 is 0 Å². The summed E-state index contributed by atoms with van der Waals surface area (Å²) >= 11 is 0. The number of nitriles is 1. The first-order chi connectivity index (χ1) is 20.0. The number of likely N-dealkylation sites (tertiary alicyclic amines) is 1. The van der Waals surface area contributed by atoms with Gasteiger partial charge in [-0.1, -0.05) is 79.2 Å². The van der Waals surface area contributed by atoms with E-state index in [0.717, 1.165) is 24.2 Å². The Morgan fingerprint density at radius 1 is 0.927 bits per heavy atom. The molecule has 1 aromatic heterocycles. The Morgan fingerprint density at radius 3 is 2.10 bits per heavy atom. The third-order valence-electron chi connectivity index (χ3n) is 7.77. The molecule has 0 N–H and O–H groups in total. The van der Waals surface area contributed by atoms with Gasteiger partial charge in [-0.05, 0) is 54.8 Å². The Kier molecular flexibility index (Phi) is 11.3. The lowest BCUT2D eigenvalue weighted by Gasteiger charge is -2.31. The Balaban J connectivity index is 0.000000189. The third-order valence-corrected chi connectivity index (χ3v) is 7.77. The number of piperidine rings is 1. The zero-order valence-electron chi connectivity index (χ0n) is 24.3. The van der Waals surface area contributed by atoms with Crippen molar-refractivity contribution in [2.45, 2.75) is 45.1 Å². The number of imidazole rings is 1. The second kappa shape index (κ2) is 15.5. The third kappa shape index (κ3) is 9.16. The largest absolute Gasteiger partial charge is 0.346 e. The minimum atomic E-state index is 0.0631. The number of hydrogen-bond acceptors (Lipinski definition) is 4. The summed E-state index contributed by atoms with van der Waals surface area (Å²) in [5.74, 6) is 0.559. The van der Waals surface area contributed by atoms with E-state index in [0.29, 0.717) is 24.6 Å². The number of carbonyl (C=O) groups excluding carboxylic acids is 1. The highest BCUT2D eigenvalue weighted by Crippen LogP contribution is 2.26. The van der Waals surface area contributed by atoms with E-state index >= 15 is 0 Å². The number of rotatable bonds is 9. The maximum Gasteiger partial charge on any atom is 0.219 e. The van der Waals surface area contributed by atoms with Gasteiger partial charge in [0.1, 0.15) is 0 Å². The minimum absolute atomic E-state index is 0.0631. The van der Waals surface area contributed by atoms with Crippen LogP contribution in [0.3, 0.4) is 0 Å². The van der Waals surface area contributed by atoms with Crippen molar-refractivity contribution in [3.05, 3.63) is 125 Å². The summed E-state index contributed by atoms with van der Waals surface area (Å²) in [6.07, 6.45) is 8.51. The van der Waals surface area contributed by atoms with Crippen LogP contribution in [0.15, 0.2) is 97.5 Å². The molecule has 0 unspecified atom stereocenters. The summed E-state index contributed by atoms with van der Waals surface area (Å²) in [5, 5.41) is 8.80. The molecule has 0 atom stereocenters. The molecular formula is C35H41N5O. The van der Waals surface area contributed by atoms with Gasteiger partial charge in [-0.15, -0.1) is 0 Å². The monoisotopic (exact) mass is 547 g/mol. The van der Waals surface area contributed by atoms with E-state index in [4.69, 9.17) is 5.26 Å². The summed E-state index contributed by atoms with van der Waals surface area (Å²) in [4.78, 5) is 19.7. The van der Waals surface area contributed by atoms with E-state index in [-0.39, 0.29) is 5.91 Å². The highest BCUT2D eigenvalue weighted by Gasteiger charge is 2.19. The summed E-state index contributed by atoms with van der Waals surface area (Å²) < 4.78 is 2.06. The fraction of sp³-hybridized carbons (Fsp3) is 0.343. The van der Waals surface area contributed by atoms with Gasteiger partial charge in [-0.2, -0.15) is 5.26 Å². The predicted molar refractivity (Wildman–Crippen MR) is 165 cm³/mol. The average Bonchev–Trinajstić information content (AvgIpc) is 3.47. The van der Waals surface area contributed by atoms with Gasteiger partial charge in [0.2, 0.25) is 5.91 Å². The highest BCUT2D eigenvalue weighted by atomic mass is 16.2. The molecule has 6 heteroatoms. The molecule has 1 aliphatic heterocycles. The lowest BCUT2D eigenvalue weighted by atomic mass is 9.90. The van der Waals surface area contributed by atoms with Crippen LogP contribution >= 0.6 is 0 Å². The SMILES string of the molecule is CC(=O)N(C)CCc1cncn1Cc1ccc(C#N)cc1.c1ccc(C(CN2CCCCC2)c2ccccc2)cc1. The Bertz CT molecular complexity index is 1330. The molecular weight excluding hydrogens is 506 g/mol. The number of aromatic nitrogens is 2. The highest BCUT2D eigenvalue weighted by molar-refractivity contribution is 5.72. The van der Waals surface area contributed by atoms with Crippen LogP contribution in [0.2, 0.25) is 0 Å². The maximum absolute atomic E-state index is 11.2. The van der Waals surface area contributed by atoms with Gasteiger partial charge in [-0.25, -0.2) is 4.98 Å². The normalized spacial score (nSPS) is 13.2. The Morgan fingerprint density at radius 2 is 1.54 bits per heavy atom. The summed E-state index contributed by atoms with van der Waals surface area (Å²) in [6, 6.07) is 31.5. The summed E-state index contributed by atoms with van der Waals surface area (Å²) in [7, 11) is 1.80. The molecule has 5 rings (SSSR count). The molecule has 41 heavy (non-hydrogen) atoms. The lowest BCUT2D eigenvalue weighted by Crippen LogP contribution is -2.33. The van der Waals surface area contributed by atoms with E-state index in [9.17, 15) is 4.79 Å². The maximum atomic E-state index is 11.2. The number of benzene rings is 3. The summed E-state index contributed by atoms with van der Waals surface area (Å²) in [6.45, 7) is 6.62. The van der Waals surface area contributed by atoms with E-state index in [1.54, 1.807) is 25.2 Å². The van der Waals surface area contributed by atoms with Gasteiger partial charge in [0.05, 0.1) is 18.0 Å². The molecule has 0 bridgehead atoms. The zero-order valence-corrected chi connectivity index (χ0v) is 24.3. The minimum Gasteiger partial charge on any atom is -0.346 e. The van der Waals surface area contributed by atoms with Crippen LogP contribution in [0.5, 0.6) is 0 Å². The van der Waals surface area contributed by atoms with Crippen molar-refractivity contribution in [1.29, 1.82) is 5.26 Å². The standard InChI is InChI=1S/C19H23N.C16H18N4O/c1-4-10-17(11-5-1)19(18-12-6-2-7-13-18)16-20-14-8-3-9-15-20;1-13(21)19(2)8-7-16-10-18-12-20(16)11-15-5-3-14(9-17)4-6-15/h1-2,4-7,10-13,19H,3,8-9,14-16H2;3-6,10,12H,7-8,11H2,1-2H3. The molecule has 4 aromatic rings. The molecule has 0 spiro atoms. The van der Waals surface area contributed by atoms with Gasteiger partial charge in [0.25, 0.3) is 0 Å². The number of amides is 1. The van der Waals surface area contributed by atoms with Gasteiger partial charge < -0.3 is 14.4 Å². The fourth-order valence-corrected chi connectivity index (χ4v) is 5.19. The van der Waals surface area contributed by atoms with Gasteiger partial charge in [0, 0.05) is 57.8 Å². The molecule has 212 valence electrons. The zero-order chi connectivity index (χ0) is 28.9. The molecule has 3 aromatic carbocycles. The first-order valence-corrected chi connectivity index (χ1v) is 14.6. The molecule has 0 radical (unpaired) electrons. The number of carbonyl (C=O) groups is 1. The number of likely N-dealkylation sites (N-methyl/N-ethyl adjacent to an activating group) is 1. The first-order valence-electron chi connectivity index (χ1n) is 14.6. The average molecular weight is 548 g/mol. The molecule has 6 nitrogen and oxygen atoms in total. The van der Waals surface area contributed by atoms with E-state index in [1.807, 2.05) is 30.5 Å². The second-order valence-electron chi connectivity index (χ2n) is 10.7. The summed E-state index contributed by atoms with van der Waals surface area (Å²) in [5.41, 5.74) is 5.74. The number of nitrogens with zero attached hydrogens (tertiary/aromatic N) is 5. The molecule has 1 amide bonds. The van der Waals surface area contributed by atoms with Crippen molar-refractivity contribution in [2.24, 2.45) is 0 Å². The lowest BCUT2D eigenvalue weighted by molar-refractivity contribution is -0.127. The van der Waals surface area contributed by atoms with Crippen molar-refractivity contribution in [3.63, 3.8) is 0 Å². The van der Waals surface area contributed by atoms with Crippen LogP contribution in [-0.2, 0) is 17.8 Å². The quantitative estimate of drug-likeness (QED) is 0.253. The van der Waals surface area contributed by atoms with Crippen molar-refractivity contribution in [2.75, 3.05) is 33.2 Å². The van der Waals surface area contributed by atoms with E-state index in [1.165, 1.54) is 43.5 Å². The van der Waals surface area contributed by atoms with Gasteiger partial charge in [-0.3, -0.25) is 4.79 Å². The molecule has 1 fully saturated rings. The first kappa shape index (κ1) is 29.8. The number of hydrogen-bond donors (Lipinski definition) is 0. The van der Waals surface area contributed by atoms with Crippen LogP contribution < -0.4 is 0 Å². The van der Waals surface area contributed by atoms with Crippen LogP contribution in [0.4, 0.5) is 0 Å². The van der Waals surface area contributed by atoms with Gasteiger partial charge in [0.15, 0.2) is 0 Å². The molecule has 0 saturated carbocycles. The van der Waals surface area contributed by atoms with Crippen LogP contribution in [0.25, 0.3) is 0 Å². The van der Waals surface area contributed by atoms with E-state index in [2.05, 4.69) is 81.2 Å². The Hall–Kier alpha value is -4.21. The van der Waals surface area contributed by atoms with Crippen molar-refractivity contribution < 1.29 is 4.79 Å².